The van der Waals surface area contributed by atoms with E-state index in [-0.39, 0.29) is 66.7 Å². The van der Waals surface area contributed by atoms with Crippen molar-refractivity contribution in [2.75, 3.05) is 13.2 Å². The Kier molecular flexibility index (Phi) is 16.1. The molecule has 0 radical (unpaired) electrons. The molecular formula is C50H45N13O10S6. The van der Waals surface area contributed by atoms with E-state index in [1.807, 2.05) is 6.92 Å². The van der Waals surface area contributed by atoms with Gasteiger partial charge in [0.1, 0.15) is 81.7 Å². The summed E-state index contributed by atoms with van der Waals surface area (Å²) in [6.07, 6.45) is -1.02. The number of carbonyl (C=O) groups excluding carboxylic acids is 6. The minimum absolute atomic E-state index is 0.00774. The first kappa shape index (κ1) is 54.6. The van der Waals surface area contributed by atoms with Crippen LogP contribution in [0.5, 0.6) is 5.75 Å². The zero-order valence-electron chi connectivity index (χ0n) is 41.5. The van der Waals surface area contributed by atoms with Crippen LogP contribution in [0, 0.1) is 12.8 Å². The van der Waals surface area contributed by atoms with Gasteiger partial charge in [-0.15, -0.1) is 68.0 Å². The summed E-state index contributed by atoms with van der Waals surface area (Å²) in [4.78, 5) is 127. The molecule has 10 bridgehead atoms. The number of rotatable bonds is 11. The highest BCUT2D eigenvalue weighted by Crippen LogP contribution is 2.42. The number of aromatic nitrogens is 7. The first-order valence-electron chi connectivity index (χ1n) is 24.1. The Morgan fingerprint density at radius 3 is 2.15 bits per heavy atom. The zero-order chi connectivity index (χ0) is 55.6. The molecule has 6 amide bonds. The number of carboxylic acid groups (broad SMARTS) is 1. The Balaban J connectivity index is 1.03. The van der Waals surface area contributed by atoms with E-state index in [0.29, 0.717) is 76.0 Å². The van der Waals surface area contributed by atoms with Gasteiger partial charge in [0.25, 0.3) is 23.6 Å². The number of hydrogen-bond acceptors (Lipinski definition) is 22. The van der Waals surface area contributed by atoms with Gasteiger partial charge in [-0.05, 0) is 43.2 Å². The first-order chi connectivity index (χ1) is 38.0. The van der Waals surface area contributed by atoms with Gasteiger partial charge in [-0.2, -0.15) is 0 Å². The second kappa shape index (κ2) is 23.3. The number of ether oxygens (including phenoxy) is 1. The Labute approximate surface area is 472 Å². The van der Waals surface area contributed by atoms with Crippen molar-refractivity contribution in [3.8, 4) is 49.1 Å². The minimum Gasteiger partial charge on any atom is -0.494 e. The second-order valence-electron chi connectivity index (χ2n) is 18.2. The SMILES string of the molecule is Cc1sc2nc1C(=O)NCc1nc(cs1)C(=O)N[C@@H](Cc1ccc(OCCCC(=O)O)cc1)C(=O)N1C[C@H](O)[C@H](C)[C@H]1c1nc(cs1)-c1nc(cs1)-c1nc(-c3nc(C(N)=O)cs3)ccc1-c1nc(cs1)C(=O)N[C@H]2CC(N)=O. The van der Waals surface area contributed by atoms with Gasteiger partial charge < -0.3 is 47.3 Å². The van der Waals surface area contributed by atoms with Crippen molar-refractivity contribution in [2.24, 2.45) is 17.4 Å². The molecule has 79 heavy (non-hydrogen) atoms. The number of primary amides is 2. The van der Waals surface area contributed by atoms with Crippen LogP contribution < -0.4 is 32.2 Å². The smallest absolute Gasteiger partial charge is 0.303 e. The standard InChI is InChI=1S/C50H45N13O10S6/c1-21-34(64)15-63-40(21)49-61-33(20-78-49)47-58-29(16-76-47)39-25(9-10-26(55-39)46-59-30(17-77-46)41(52)68)45-60-32(19-75-45)43(70)56-27(13-35(51)65)48-62-38(22(2)79-48)44(71)53-14-36-54-31(18-74-36)42(69)57-28(50(63)72)12-23-5-7-24(8-6-23)73-11-3-4-37(66)67/h5-10,16-21,27-28,34,40,64H,3-4,11-15H2,1-2H3,(H2,51,65)(H2,52,68)(H,53,71)(H,56,70)(H,57,69)(H,66,67)/t21-,27-,28-,34-,40-/m0/s1. The third-order valence-corrected chi connectivity index (χ3v) is 18.1. The molecule has 0 aliphatic carbocycles. The lowest BCUT2D eigenvalue weighted by atomic mass is 10.00. The molecule has 406 valence electrons. The summed E-state index contributed by atoms with van der Waals surface area (Å²) in [6.45, 7) is 3.51. The van der Waals surface area contributed by atoms with Gasteiger partial charge in [0.2, 0.25) is 11.8 Å². The van der Waals surface area contributed by atoms with Crippen molar-refractivity contribution >= 4 is 109 Å². The summed E-state index contributed by atoms with van der Waals surface area (Å²) < 4.78 is 5.73. The number of nitrogens with zero attached hydrogens (tertiary/aromatic N) is 8. The summed E-state index contributed by atoms with van der Waals surface area (Å²) in [6, 6.07) is 7.39. The first-order valence-corrected chi connectivity index (χ1v) is 29.3. The number of benzene rings is 1. The number of aliphatic hydroxyl groups excluding tert-OH is 1. The quantitative estimate of drug-likeness (QED) is 0.0769. The summed E-state index contributed by atoms with van der Waals surface area (Å²) in [5.41, 5.74) is 14.1. The van der Waals surface area contributed by atoms with Crippen molar-refractivity contribution < 1.29 is 48.5 Å². The number of nitrogens with two attached hydrogens (primary N) is 2. The van der Waals surface area contributed by atoms with Crippen molar-refractivity contribution in [3.05, 3.63) is 112 Å². The lowest BCUT2D eigenvalue weighted by molar-refractivity contribution is -0.137. The average Bonchev–Trinajstić information content (AvgIpc) is 4.33. The monoisotopic (exact) mass is 1180 g/mol. The van der Waals surface area contributed by atoms with Gasteiger partial charge in [-0.3, -0.25) is 33.6 Å². The molecule has 0 spiro atoms. The van der Waals surface area contributed by atoms with E-state index in [2.05, 4.69) is 30.9 Å². The molecule has 2 aliphatic heterocycles. The number of aliphatic carboxylic acids is 1. The van der Waals surface area contributed by atoms with E-state index >= 15 is 4.79 Å². The number of carbonyl (C=O) groups is 7. The van der Waals surface area contributed by atoms with Crippen molar-refractivity contribution in [3.63, 3.8) is 0 Å². The van der Waals surface area contributed by atoms with Crippen molar-refractivity contribution in [1.82, 2.24) is 55.7 Å². The van der Waals surface area contributed by atoms with Crippen LogP contribution in [-0.2, 0) is 27.3 Å². The van der Waals surface area contributed by atoms with E-state index in [0.717, 1.165) is 34.0 Å². The molecule has 0 saturated carbocycles. The predicted octanol–water partition coefficient (Wildman–Crippen LogP) is 5.65. The van der Waals surface area contributed by atoms with Gasteiger partial charge in [-0.1, -0.05) is 19.1 Å². The number of pyridine rings is 1. The Morgan fingerprint density at radius 1 is 0.722 bits per heavy atom. The molecule has 5 atom stereocenters. The number of carboxylic acids is 1. The van der Waals surface area contributed by atoms with Crippen LogP contribution in [0.1, 0.15) is 106 Å². The molecule has 23 nitrogen and oxygen atoms in total. The fourth-order valence-corrected chi connectivity index (χ4v) is 13.8. The summed E-state index contributed by atoms with van der Waals surface area (Å²) in [7, 11) is 0. The highest BCUT2D eigenvalue weighted by molar-refractivity contribution is 7.15. The Bertz CT molecular complexity index is 3660. The molecule has 8 aromatic rings. The predicted molar refractivity (Wildman–Crippen MR) is 295 cm³/mol. The Hall–Kier alpha value is -7.80. The Morgan fingerprint density at radius 2 is 1.41 bits per heavy atom. The largest absolute Gasteiger partial charge is 0.494 e. The van der Waals surface area contributed by atoms with Crippen LogP contribution in [-0.4, -0.2) is 117 Å². The number of nitrogens with one attached hydrogen (secondary N) is 3. The van der Waals surface area contributed by atoms with Crippen LogP contribution in [0.15, 0.2) is 63.3 Å². The molecule has 10 rings (SSSR count). The summed E-state index contributed by atoms with van der Waals surface area (Å²) >= 11 is 7.09. The molecule has 9 N–H and O–H groups in total. The van der Waals surface area contributed by atoms with Crippen LogP contribution >= 0.6 is 68.0 Å². The second-order valence-corrected chi connectivity index (χ2v) is 23.8. The molecule has 29 heteroatoms. The lowest BCUT2D eigenvalue weighted by Crippen LogP contribution is -2.50. The van der Waals surface area contributed by atoms with Crippen molar-refractivity contribution in [1.29, 1.82) is 0 Å². The molecular weight excluding hydrogens is 1140 g/mol. The third kappa shape index (κ3) is 12.1. The minimum atomic E-state index is -1.18. The molecule has 9 heterocycles. The van der Waals surface area contributed by atoms with Crippen molar-refractivity contribution in [2.45, 2.75) is 70.3 Å². The molecule has 1 aromatic carbocycles. The van der Waals surface area contributed by atoms with E-state index in [9.17, 15) is 33.9 Å². The fraction of sp³-hybridized carbons (Fsp3) is 0.280. The van der Waals surface area contributed by atoms with Crippen LogP contribution in [0.3, 0.4) is 0 Å². The number of aryl methyl sites for hydroxylation is 1. The van der Waals surface area contributed by atoms with Crippen LogP contribution in [0.4, 0.5) is 0 Å². The summed E-state index contributed by atoms with van der Waals surface area (Å²) in [5, 5.41) is 39.5. The van der Waals surface area contributed by atoms with Gasteiger partial charge in [0.15, 0.2) is 0 Å². The number of thiazole rings is 6. The topological polar surface area (TPSA) is 351 Å². The lowest BCUT2D eigenvalue weighted by Gasteiger charge is -2.29. The van der Waals surface area contributed by atoms with Crippen LogP contribution in [0.25, 0.3) is 43.4 Å². The van der Waals surface area contributed by atoms with Gasteiger partial charge in [0.05, 0.1) is 43.5 Å². The molecule has 0 unspecified atom stereocenters. The number of hydrogen-bond donors (Lipinski definition) is 7. The normalized spacial score (nSPS) is 18.8. The average molecular weight is 1180 g/mol. The van der Waals surface area contributed by atoms with E-state index in [1.165, 1.54) is 49.7 Å². The molecule has 7 aromatic heterocycles. The maximum Gasteiger partial charge on any atom is 0.303 e. The molecule has 2 aliphatic rings. The van der Waals surface area contributed by atoms with Gasteiger partial charge >= 0.3 is 5.97 Å². The number of amides is 6. The highest BCUT2D eigenvalue weighted by atomic mass is 32.1. The van der Waals surface area contributed by atoms with Crippen LogP contribution in [0.2, 0.25) is 0 Å². The fourth-order valence-electron chi connectivity index (χ4n) is 8.68. The van der Waals surface area contributed by atoms with E-state index in [4.69, 9.17) is 41.2 Å². The zero-order valence-corrected chi connectivity index (χ0v) is 46.4. The maximum absolute atomic E-state index is 15.0. The molecule has 1 fully saturated rings. The third-order valence-electron chi connectivity index (χ3n) is 12.7. The number of aliphatic hydroxyl groups is 1. The molecule has 1 saturated heterocycles. The van der Waals surface area contributed by atoms with E-state index < -0.39 is 71.6 Å². The number of fused-ring (bicyclic) bond motifs is 16. The van der Waals surface area contributed by atoms with E-state index in [1.54, 1.807) is 59.5 Å². The maximum atomic E-state index is 15.0. The highest BCUT2D eigenvalue weighted by Gasteiger charge is 2.45. The van der Waals surface area contributed by atoms with Gasteiger partial charge in [0, 0.05) is 62.6 Å². The summed E-state index contributed by atoms with van der Waals surface area (Å²) in [5.74, 6) is -4.76. The van der Waals surface area contributed by atoms with Gasteiger partial charge in [-0.25, -0.2) is 34.9 Å².